The van der Waals surface area contributed by atoms with Crippen LogP contribution in [0.3, 0.4) is 0 Å². The normalized spacial score (nSPS) is 12.7. The van der Waals surface area contributed by atoms with Crippen molar-refractivity contribution in [2.24, 2.45) is 0 Å². The number of rotatable bonds is 7. The minimum absolute atomic E-state index is 0.929. The average Bonchev–Trinajstić information content (AvgIpc) is 3.99. The second-order valence-electron chi connectivity index (χ2n) is 18.2. The van der Waals surface area contributed by atoms with Crippen LogP contribution in [-0.4, -0.2) is 29.9 Å². The second-order valence-corrected chi connectivity index (χ2v) is 18.2. The molecular formula is C60H55N7. The number of fused-ring (bicyclic) bond motifs is 8. The maximum absolute atomic E-state index is 5.70. The van der Waals surface area contributed by atoms with Gasteiger partial charge >= 0.3 is 0 Å². The number of anilines is 3. The third-order valence-electron chi connectivity index (χ3n) is 14.1. The van der Waals surface area contributed by atoms with E-state index in [4.69, 9.17) is 9.97 Å². The van der Waals surface area contributed by atoms with Gasteiger partial charge in [-0.1, -0.05) is 59.7 Å². The maximum Gasteiger partial charge on any atom is 0.0769 e. The number of aromatic amines is 2. The van der Waals surface area contributed by atoms with Gasteiger partial charge in [-0.3, -0.25) is 9.97 Å². The molecule has 0 fully saturated rings. The quantitative estimate of drug-likeness (QED) is 0.167. The maximum atomic E-state index is 5.70. The van der Waals surface area contributed by atoms with E-state index < -0.39 is 0 Å². The van der Waals surface area contributed by atoms with Gasteiger partial charge in [-0.2, -0.15) is 0 Å². The minimum atomic E-state index is 0.929. The molecule has 330 valence electrons. The van der Waals surface area contributed by atoms with E-state index in [0.29, 0.717) is 0 Å². The Morgan fingerprint density at radius 3 is 1.42 bits per heavy atom. The molecule has 0 saturated heterocycles. The minimum Gasteiger partial charge on any atom is -0.354 e. The zero-order chi connectivity index (χ0) is 46.7. The molecule has 10 rings (SSSR count). The molecule has 0 radical (unpaired) electrons. The van der Waals surface area contributed by atoms with Crippen LogP contribution in [0.4, 0.5) is 17.1 Å². The Kier molecular flexibility index (Phi) is 11.0. The molecule has 0 saturated carbocycles. The molecule has 67 heavy (non-hydrogen) atoms. The molecule has 2 N–H and O–H groups in total. The van der Waals surface area contributed by atoms with Gasteiger partial charge in [-0.25, -0.2) is 9.97 Å². The van der Waals surface area contributed by atoms with Crippen molar-refractivity contribution in [2.75, 3.05) is 4.90 Å². The number of pyridine rings is 2. The third-order valence-corrected chi connectivity index (χ3v) is 14.1. The molecule has 3 aromatic carbocycles. The first kappa shape index (κ1) is 43.0. The van der Waals surface area contributed by atoms with Crippen LogP contribution in [0.1, 0.15) is 95.0 Å². The molecule has 0 unspecified atom stereocenters. The molecule has 0 atom stereocenters. The summed E-state index contributed by atoms with van der Waals surface area (Å²) in [5.74, 6) is 0. The lowest BCUT2D eigenvalue weighted by Gasteiger charge is -2.25. The molecule has 0 aliphatic carbocycles. The highest BCUT2D eigenvalue weighted by Gasteiger charge is 2.26. The number of aromatic nitrogens is 6. The van der Waals surface area contributed by atoms with E-state index in [0.717, 1.165) is 129 Å². The van der Waals surface area contributed by atoms with E-state index in [2.05, 4.69) is 209 Å². The predicted octanol–water partition coefficient (Wildman–Crippen LogP) is 15.8. The van der Waals surface area contributed by atoms with Gasteiger partial charge in [0, 0.05) is 64.1 Å². The highest BCUT2D eigenvalue weighted by atomic mass is 15.1. The lowest BCUT2D eigenvalue weighted by Crippen LogP contribution is -2.09. The first-order valence-electron chi connectivity index (χ1n) is 23.0. The standard InChI is InChI=1S/C60H55N7/c1-34-11-18-47(19-12-34)67(48-20-13-35(2)14-21-48)49-22-15-44(16-23-49)17-24-50-55-40(7)42(9)59(65-55)53(45-25-29-61-30-26-45)57-38(5)36(3)51(63-57)33-52-37(4)39(6)58(64-52)54(46-27-31-62-32-28-46)60-43(10)41(8)56(50)66-60/h11-33,63,66H,1-10H3/b24-17+,51-33?,52-33?,55-50?,56-50?,57-53?,58-54?,59-53?,60-54?. The molecule has 0 spiro atoms. The van der Waals surface area contributed by atoms with Crippen molar-refractivity contribution in [1.82, 2.24) is 29.9 Å². The summed E-state index contributed by atoms with van der Waals surface area (Å²) in [7, 11) is 0. The van der Waals surface area contributed by atoms with Crippen molar-refractivity contribution < 1.29 is 0 Å². The van der Waals surface area contributed by atoms with Crippen molar-refractivity contribution in [3.63, 3.8) is 0 Å². The number of aryl methyl sites for hydroxylation is 6. The van der Waals surface area contributed by atoms with E-state index >= 15 is 0 Å². The summed E-state index contributed by atoms with van der Waals surface area (Å²) < 4.78 is 0. The fourth-order valence-corrected chi connectivity index (χ4v) is 9.50. The number of allylic oxidation sites excluding steroid dienone is 4. The summed E-state index contributed by atoms with van der Waals surface area (Å²) in [6.07, 6.45) is 11.9. The number of benzene rings is 3. The Labute approximate surface area is 393 Å². The van der Waals surface area contributed by atoms with Gasteiger partial charge in [-0.05, 0) is 197 Å². The SMILES string of the molecule is CC1=C(C)c2nc1cc1[nH]c(c(C)c1C)c(-c1ccncc1)c1nc(c(/C=C/c3ccc(N(c4ccc(C)cc4)c4ccc(C)cc4)cc3)c3[nH]c(c(C)c3C)c2-c2ccncc2)C(C)=C1C. The highest BCUT2D eigenvalue weighted by Crippen LogP contribution is 2.44. The molecule has 7 heterocycles. The molecule has 8 bridgehead atoms. The lowest BCUT2D eigenvalue weighted by atomic mass is 9.96. The first-order valence-corrected chi connectivity index (χ1v) is 23.0. The van der Waals surface area contributed by atoms with Gasteiger partial charge in [0.1, 0.15) is 0 Å². The van der Waals surface area contributed by atoms with Crippen molar-refractivity contribution in [3.05, 3.63) is 195 Å². The highest BCUT2D eigenvalue weighted by molar-refractivity contribution is 6.05. The van der Waals surface area contributed by atoms with E-state index in [1.54, 1.807) is 0 Å². The smallest absolute Gasteiger partial charge is 0.0769 e. The Balaban J connectivity index is 1.27. The van der Waals surface area contributed by atoms with Crippen LogP contribution < -0.4 is 4.90 Å². The average molecular weight is 874 g/mol. The van der Waals surface area contributed by atoms with Crippen LogP contribution in [0.2, 0.25) is 0 Å². The first-order chi connectivity index (χ1) is 32.4. The topological polar surface area (TPSA) is 86.4 Å². The van der Waals surface area contributed by atoms with E-state index in [-0.39, 0.29) is 0 Å². The van der Waals surface area contributed by atoms with Gasteiger partial charge in [0.2, 0.25) is 0 Å². The van der Waals surface area contributed by atoms with Gasteiger partial charge in [-0.15, -0.1) is 0 Å². The largest absolute Gasteiger partial charge is 0.354 e. The van der Waals surface area contributed by atoms with E-state index in [1.807, 2.05) is 24.8 Å². The fourth-order valence-electron chi connectivity index (χ4n) is 9.50. The molecular weight excluding hydrogens is 819 g/mol. The van der Waals surface area contributed by atoms with Gasteiger partial charge in [0.05, 0.1) is 39.3 Å². The summed E-state index contributed by atoms with van der Waals surface area (Å²) in [5, 5.41) is 0. The predicted molar refractivity (Wildman–Crippen MR) is 282 cm³/mol. The van der Waals surface area contributed by atoms with Crippen molar-refractivity contribution in [3.8, 4) is 22.3 Å². The van der Waals surface area contributed by atoms with Crippen LogP contribution in [0.5, 0.6) is 0 Å². The van der Waals surface area contributed by atoms with Gasteiger partial charge < -0.3 is 14.9 Å². The van der Waals surface area contributed by atoms with Crippen LogP contribution in [0.25, 0.3) is 78.8 Å². The van der Waals surface area contributed by atoms with Crippen LogP contribution in [-0.2, 0) is 0 Å². The van der Waals surface area contributed by atoms with Crippen LogP contribution >= 0.6 is 0 Å². The summed E-state index contributed by atoms with van der Waals surface area (Å²) in [6, 6.07) is 36.8. The Bertz CT molecular complexity index is 3430. The summed E-state index contributed by atoms with van der Waals surface area (Å²) >= 11 is 0. The van der Waals surface area contributed by atoms with E-state index in [1.165, 1.54) is 22.3 Å². The molecule has 7 heteroatoms. The monoisotopic (exact) mass is 873 g/mol. The summed E-state index contributed by atoms with van der Waals surface area (Å²) in [5.41, 5.74) is 29.1. The lowest BCUT2D eigenvalue weighted by molar-refractivity contribution is 1.27. The number of hydrogen-bond donors (Lipinski definition) is 2. The van der Waals surface area contributed by atoms with Crippen LogP contribution in [0.15, 0.2) is 128 Å². The van der Waals surface area contributed by atoms with Gasteiger partial charge in [0.25, 0.3) is 0 Å². The molecule has 7 nitrogen and oxygen atoms in total. The zero-order valence-electron chi connectivity index (χ0n) is 40.0. The molecule has 5 aromatic heterocycles. The number of hydrogen-bond acceptors (Lipinski definition) is 5. The molecule has 8 aromatic rings. The number of nitrogens with one attached hydrogen (secondary N) is 2. The Morgan fingerprint density at radius 1 is 0.418 bits per heavy atom. The molecule has 0 amide bonds. The van der Waals surface area contributed by atoms with Crippen molar-refractivity contribution in [1.29, 1.82) is 0 Å². The van der Waals surface area contributed by atoms with Crippen molar-refractivity contribution >= 4 is 73.6 Å². The third kappa shape index (κ3) is 7.60. The van der Waals surface area contributed by atoms with E-state index in [9.17, 15) is 0 Å². The Morgan fingerprint density at radius 2 is 0.866 bits per heavy atom. The molecule has 2 aliphatic rings. The number of H-pyrrole nitrogens is 2. The fraction of sp³-hybridized carbons (Fsp3) is 0.167. The Hall–Kier alpha value is -7.90. The summed E-state index contributed by atoms with van der Waals surface area (Å²) in [6.45, 7) is 21.9. The second kappa shape index (κ2) is 17.1. The zero-order valence-corrected chi connectivity index (χ0v) is 40.0. The molecule has 2 aliphatic heterocycles. The van der Waals surface area contributed by atoms with Crippen molar-refractivity contribution in [2.45, 2.75) is 69.2 Å². The van der Waals surface area contributed by atoms with Crippen LogP contribution in [0, 0.1) is 41.5 Å². The summed E-state index contributed by atoms with van der Waals surface area (Å²) in [4.78, 5) is 30.2. The number of nitrogens with zero attached hydrogens (tertiary/aromatic N) is 5. The van der Waals surface area contributed by atoms with Gasteiger partial charge in [0.15, 0.2) is 0 Å².